The number of aliphatic carboxylic acids is 1. The first-order chi connectivity index (χ1) is 9.09. The van der Waals surface area contributed by atoms with Crippen LogP contribution >= 0.6 is 11.8 Å². The number of thioether (sulfide) groups is 1. The minimum atomic E-state index is -0.867. The summed E-state index contributed by atoms with van der Waals surface area (Å²) in [6.07, 6.45) is 3.39. The minimum absolute atomic E-state index is 0.0266. The number of aromatic nitrogens is 4. The van der Waals surface area contributed by atoms with Gasteiger partial charge in [-0.15, -0.1) is 10.2 Å². The first-order valence-electron chi connectivity index (χ1n) is 5.79. The van der Waals surface area contributed by atoms with Gasteiger partial charge in [-0.25, -0.2) is 0 Å². The van der Waals surface area contributed by atoms with Crippen molar-refractivity contribution in [2.24, 2.45) is 0 Å². The third-order valence-corrected chi connectivity index (χ3v) is 3.37. The molecule has 2 aromatic rings. The maximum absolute atomic E-state index is 10.6. The SMILES string of the molecule is CC(C)n1c(SCC(=O)O)nnc1-c1ccncc1. The highest BCUT2D eigenvalue weighted by Gasteiger charge is 2.17. The first kappa shape index (κ1) is 13.5. The average Bonchev–Trinajstić information content (AvgIpc) is 2.81. The van der Waals surface area contributed by atoms with Crippen LogP contribution in [0.5, 0.6) is 0 Å². The van der Waals surface area contributed by atoms with Crippen LogP contribution in [0, 0.1) is 0 Å². The van der Waals surface area contributed by atoms with Gasteiger partial charge in [0.1, 0.15) is 0 Å². The van der Waals surface area contributed by atoms with E-state index in [-0.39, 0.29) is 11.8 Å². The zero-order valence-corrected chi connectivity index (χ0v) is 11.5. The number of carboxylic acid groups (broad SMARTS) is 1. The van der Waals surface area contributed by atoms with E-state index in [4.69, 9.17) is 5.11 Å². The Kier molecular flexibility index (Phi) is 4.16. The van der Waals surface area contributed by atoms with Gasteiger partial charge in [0.25, 0.3) is 0 Å². The standard InChI is InChI=1S/C12H14N4O2S/c1-8(2)16-11(9-3-5-13-6-4-9)14-15-12(16)19-7-10(17)18/h3-6,8H,7H2,1-2H3,(H,17,18). The lowest BCUT2D eigenvalue weighted by Gasteiger charge is -2.13. The van der Waals surface area contributed by atoms with Crippen molar-refractivity contribution in [3.05, 3.63) is 24.5 Å². The fraction of sp³-hybridized carbons (Fsp3) is 0.333. The number of hydrogen-bond acceptors (Lipinski definition) is 5. The van der Waals surface area contributed by atoms with Gasteiger partial charge in [0.15, 0.2) is 11.0 Å². The zero-order valence-electron chi connectivity index (χ0n) is 10.6. The largest absolute Gasteiger partial charge is 0.481 e. The first-order valence-corrected chi connectivity index (χ1v) is 6.78. The third-order valence-electron chi connectivity index (χ3n) is 2.44. The quantitative estimate of drug-likeness (QED) is 0.843. The molecule has 2 aromatic heterocycles. The Balaban J connectivity index is 2.37. The van der Waals surface area contributed by atoms with Crippen molar-refractivity contribution in [1.29, 1.82) is 0 Å². The average molecular weight is 278 g/mol. The molecule has 6 nitrogen and oxygen atoms in total. The van der Waals surface area contributed by atoms with Crippen LogP contribution in [-0.2, 0) is 4.79 Å². The summed E-state index contributed by atoms with van der Waals surface area (Å²) in [5, 5.41) is 17.6. The molecule has 0 atom stereocenters. The van der Waals surface area contributed by atoms with Crippen molar-refractivity contribution in [1.82, 2.24) is 19.7 Å². The van der Waals surface area contributed by atoms with E-state index in [1.807, 2.05) is 30.5 Å². The Morgan fingerprint density at radius 3 is 2.63 bits per heavy atom. The van der Waals surface area contributed by atoms with E-state index < -0.39 is 5.97 Å². The van der Waals surface area contributed by atoms with Crippen LogP contribution in [0.3, 0.4) is 0 Å². The second-order valence-corrected chi connectivity index (χ2v) is 5.13. The van der Waals surface area contributed by atoms with E-state index >= 15 is 0 Å². The molecule has 0 aromatic carbocycles. The summed E-state index contributed by atoms with van der Waals surface area (Å²) in [7, 11) is 0. The molecule has 0 aliphatic heterocycles. The molecule has 7 heteroatoms. The van der Waals surface area contributed by atoms with Gasteiger partial charge in [0.05, 0.1) is 5.75 Å². The number of carboxylic acids is 1. The Labute approximate surface area is 114 Å². The lowest BCUT2D eigenvalue weighted by Crippen LogP contribution is -2.07. The van der Waals surface area contributed by atoms with Crippen LogP contribution < -0.4 is 0 Å². The highest BCUT2D eigenvalue weighted by molar-refractivity contribution is 7.99. The van der Waals surface area contributed by atoms with Crippen molar-refractivity contribution < 1.29 is 9.90 Å². The summed E-state index contributed by atoms with van der Waals surface area (Å²) in [6.45, 7) is 4.03. The summed E-state index contributed by atoms with van der Waals surface area (Å²) >= 11 is 1.17. The van der Waals surface area contributed by atoms with Gasteiger partial charge >= 0.3 is 5.97 Å². The predicted molar refractivity (Wildman–Crippen MR) is 72.0 cm³/mol. The highest BCUT2D eigenvalue weighted by Crippen LogP contribution is 2.27. The normalized spacial score (nSPS) is 10.9. The molecule has 0 spiro atoms. The summed E-state index contributed by atoms with van der Waals surface area (Å²) < 4.78 is 1.93. The Bertz CT molecular complexity index is 568. The van der Waals surface area contributed by atoms with Crippen LogP contribution in [0.2, 0.25) is 0 Å². The summed E-state index contributed by atoms with van der Waals surface area (Å²) in [6, 6.07) is 3.86. The fourth-order valence-corrected chi connectivity index (χ4v) is 2.45. The van der Waals surface area contributed by atoms with Crippen LogP contribution in [0.25, 0.3) is 11.4 Å². The number of nitrogens with zero attached hydrogens (tertiary/aromatic N) is 4. The molecule has 0 fully saturated rings. The van der Waals surface area contributed by atoms with Crippen molar-refractivity contribution in [2.75, 3.05) is 5.75 Å². The van der Waals surface area contributed by atoms with Gasteiger partial charge in [0.2, 0.25) is 0 Å². The Morgan fingerprint density at radius 1 is 1.37 bits per heavy atom. The fourth-order valence-electron chi connectivity index (χ4n) is 1.67. The van der Waals surface area contributed by atoms with Crippen LogP contribution in [-0.4, -0.2) is 36.6 Å². The minimum Gasteiger partial charge on any atom is -0.481 e. The second kappa shape index (κ2) is 5.83. The molecule has 1 N–H and O–H groups in total. The van der Waals surface area contributed by atoms with Crippen molar-refractivity contribution in [3.8, 4) is 11.4 Å². The summed E-state index contributed by atoms with van der Waals surface area (Å²) in [5.74, 6) is -0.166. The van der Waals surface area contributed by atoms with Gasteiger partial charge < -0.3 is 5.11 Å². The van der Waals surface area contributed by atoms with Gasteiger partial charge in [0, 0.05) is 24.0 Å². The predicted octanol–water partition coefficient (Wildman–Crippen LogP) is 2.10. The van der Waals surface area contributed by atoms with E-state index in [0.717, 1.165) is 11.4 Å². The molecule has 2 rings (SSSR count). The van der Waals surface area contributed by atoms with Crippen molar-refractivity contribution in [3.63, 3.8) is 0 Å². The van der Waals surface area contributed by atoms with Crippen molar-refractivity contribution >= 4 is 17.7 Å². The third kappa shape index (κ3) is 3.11. The van der Waals surface area contributed by atoms with Gasteiger partial charge in [-0.1, -0.05) is 11.8 Å². The molecule has 2 heterocycles. The molecule has 0 amide bonds. The van der Waals surface area contributed by atoms with E-state index in [0.29, 0.717) is 5.16 Å². The van der Waals surface area contributed by atoms with E-state index in [9.17, 15) is 4.79 Å². The van der Waals surface area contributed by atoms with Crippen LogP contribution in [0.1, 0.15) is 19.9 Å². The van der Waals surface area contributed by atoms with Gasteiger partial charge in [-0.3, -0.25) is 14.3 Å². The monoisotopic (exact) mass is 278 g/mol. The van der Waals surface area contributed by atoms with Crippen LogP contribution in [0.15, 0.2) is 29.7 Å². The number of pyridine rings is 1. The van der Waals surface area contributed by atoms with E-state index in [1.165, 1.54) is 11.8 Å². The lowest BCUT2D eigenvalue weighted by atomic mass is 10.2. The molecule has 0 radical (unpaired) electrons. The van der Waals surface area contributed by atoms with Gasteiger partial charge in [-0.05, 0) is 26.0 Å². The molecule has 19 heavy (non-hydrogen) atoms. The maximum Gasteiger partial charge on any atom is 0.313 e. The maximum atomic E-state index is 10.6. The summed E-state index contributed by atoms with van der Waals surface area (Å²) in [4.78, 5) is 14.6. The zero-order chi connectivity index (χ0) is 13.8. The molecule has 0 saturated carbocycles. The molecule has 100 valence electrons. The number of rotatable bonds is 5. The highest BCUT2D eigenvalue weighted by atomic mass is 32.2. The molecule has 0 saturated heterocycles. The van der Waals surface area contributed by atoms with E-state index in [2.05, 4.69) is 15.2 Å². The molecular weight excluding hydrogens is 264 g/mol. The second-order valence-electron chi connectivity index (χ2n) is 4.19. The van der Waals surface area contributed by atoms with E-state index in [1.54, 1.807) is 12.4 Å². The molecule has 0 bridgehead atoms. The van der Waals surface area contributed by atoms with Gasteiger partial charge in [-0.2, -0.15) is 0 Å². The molecule has 0 aliphatic carbocycles. The molecule has 0 unspecified atom stereocenters. The van der Waals surface area contributed by atoms with Crippen molar-refractivity contribution in [2.45, 2.75) is 25.0 Å². The Hall–Kier alpha value is -1.89. The molecular formula is C12H14N4O2S. The Morgan fingerprint density at radius 2 is 2.05 bits per heavy atom. The summed E-state index contributed by atoms with van der Waals surface area (Å²) in [5.41, 5.74) is 0.915. The smallest absolute Gasteiger partial charge is 0.313 e. The molecule has 0 aliphatic rings. The topological polar surface area (TPSA) is 80.9 Å². The lowest BCUT2D eigenvalue weighted by molar-refractivity contribution is -0.133. The van der Waals surface area contributed by atoms with Crippen LogP contribution in [0.4, 0.5) is 0 Å². The number of hydrogen-bond donors (Lipinski definition) is 1. The number of carbonyl (C=O) groups is 1.